The quantitative estimate of drug-likeness (QED) is 0.115. The topological polar surface area (TPSA) is 155 Å². The van der Waals surface area contributed by atoms with E-state index < -0.39 is 60.4 Å². The Morgan fingerprint density at radius 2 is 1.21 bits per heavy atom. The van der Waals surface area contributed by atoms with Crippen LogP contribution in [0.1, 0.15) is 19.3 Å². The summed E-state index contributed by atoms with van der Waals surface area (Å²) in [5.74, 6) is -1.27. The van der Waals surface area contributed by atoms with Crippen LogP contribution in [-0.2, 0) is 52.5 Å². The molecule has 1 radical (unpaired) electrons. The van der Waals surface area contributed by atoms with Crippen LogP contribution in [0.3, 0.4) is 0 Å². The van der Waals surface area contributed by atoms with Crippen molar-refractivity contribution in [2.75, 3.05) is 19.3 Å². The van der Waals surface area contributed by atoms with E-state index >= 15 is 0 Å². The minimum absolute atomic E-state index is 0. The summed E-state index contributed by atoms with van der Waals surface area (Å²) in [6, 6.07) is 20.5. The Bertz CT molecular complexity index is 1580. The second-order valence-corrected chi connectivity index (χ2v) is 16.5. The van der Waals surface area contributed by atoms with Gasteiger partial charge in [0, 0.05) is 35.0 Å². The molecule has 1 fully saturated rings. The van der Waals surface area contributed by atoms with Crippen molar-refractivity contribution >= 4 is 54.5 Å². The average Bonchev–Trinajstić information content (AvgIpc) is 3.36. The molecule has 0 saturated carbocycles. The summed E-state index contributed by atoms with van der Waals surface area (Å²) in [5, 5.41) is 14.2. The Balaban J connectivity index is 0.000000587. The molecule has 0 aliphatic carbocycles. The van der Waals surface area contributed by atoms with Crippen molar-refractivity contribution in [2.24, 2.45) is 4.40 Å². The van der Waals surface area contributed by atoms with Crippen molar-refractivity contribution < 1.29 is 92.3 Å². The number of halogens is 9. The van der Waals surface area contributed by atoms with E-state index in [1.54, 1.807) is 0 Å². The largest absolute Gasteiger partial charge is 0.861 e. The molecule has 0 bridgehead atoms. The summed E-state index contributed by atoms with van der Waals surface area (Å²) >= 11 is 0. The molecule has 271 valence electrons. The first-order valence-corrected chi connectivity index (χ1v) is 18.3. The van der Waals surface area contributed by atoms with E-state index in [1.807, 2.05) is 36.4 Å². The molecule has 2 aromatic carbocycles. The van der Waals surface area contributed by atoms with Crippen LogP contribution >= 0.6 is 7.92 Å². The summed E-state index contributed by atoms with van der Waals surface area (Å²) in [7, 11) is -19.9. The Morgan fingerprint density at radius 3 is 1.60 bits per heavy atom. The van der Waals surface area contributed by atoms with Crippen LogP contribution in [0.5, 0.6) is 0 Å². The second-order valence-electron chi connectivity index (χ2n) is 9.19. The Morgan fingerprint density at radius 1 is 0.787 bits per heavy atom. The first kappa shape index (κ1) is 43.2. The van der Waals surface area contributed by atoms with Gasteiger partial charge in [-0.1, -0.05) is 60.7 Å². The number of alkyl halides is 9. The van der Waals surface area contributed by atoms with Crippen molar-refractivity contribution in [3.63, 3.8) is 0 Å². The van der Waals surface area contributed by atoms with Crippen LogP contribution in [0.4, 0.5) is 39.5 Å². The molecule has 1 aliphatic rings. The van der Waals surface area contributed by atoms with Crippen LogP contribution in [-0.4, -0.2) is 77.9 Å². The predicted molar refractivity (Wildman–Crippen MR) is 149 cm³/mol. The third kappa shape index (κ3) is 12.6. The van der Waals surface area contributed by atoms with Crippen molar-refractivity contribution in [1.29, 1.82) is 0 Å². The molecule has 24 heteroatoms. The van der Waals surface area contributed by atoms with Crippen LogP contribution in [0, 0.1) is 0 Å². The van der Waals surface area contributed by atoms with Gasteiger partial charge in [0.1, 0.15) is 0 Å². The number of likely N-dealkylation sites (tertiary alicyclic amines) is 1. The van der Waals surface area contributed by atoms with Crippen molar-refractivity contribution in [3.8, 4) is 0 Å². The standard InChI is InChI=1S/C21H24F3N2O3PS.C2F6NO4S2.Au/c22-21(23,24)31(28,29)25-20(27)13-15-26-14-7-8-17(26)16-30(18-9-3-1-4-10-18)19-11-5-2-6-12-19;3-1(4,5)14(10,11)9-15(12,13)2(6,7)8;/h1-6,9-12,17H,7-8,13-16H2,(H,25,27);;/q;-1;/p-1/t17-;;/m0../s1. The molecule has 1 aliphatic heterocycles. The number of rotatable bonds is 10. The first-order chi connectivity index (χ1) is 20.9. The molecule has 0 amide bonds. The fourth-order valence-corrected chi connectivity index (χ4v) is 8.66. The van der Waals surface area contributed by atoms with E-state index in [1.165, 1.54) is 10.6 Å². The minimum atomic E-state index is -6.72. The molecule has 1 atom stereocenters. The molecule has 0 unspecified atom stereocenters. The van der Waals surface area contributed by atoms with Crippen LogP contribution < -0.4 is 15.7 Å². The van der Waals surface area contributed by atoms with Crippen molar-refractivity contribution in [3.05, 3.63) is 64.8 Å². The van der Waals surface area contributed by atoms with Crippen LogP contribution in [0.2, 0.25) is 0 Å². The molecule has 1 saturated heterocycles. The molecule has 0 N–H and O–H groups in total. The number of sulfonamides is 3. The molecule has 3 rings (SSSR count). The Labute approximate surface area is 280 Å². The van der Waals surface area contributed by atoms with Crippen LogP contribution in [0.15, 0.2) is 65.1 Å². The maximum absolute atomic E-state index is 12.4. The predicted octanol–water partition coefficient (Wildman–Crippen LogP) is 3.64. The summed E-state index contributed by atoms with van der Waals surface area (Å²) in [6.07, 6.45) is 2.34. The molecular formula is C23H23AuF9N3O7PS3-2. The fourth-order valence-electron chi connectivity index (χ4n) is 3.87. The zero-order chi connectivity index (χ0) is 35.2. The van der Waals surface area contributed by atoms with Gasteiger partial charge in [-0.25, -0.2) is 16.8 Å². The molecular weight excluding hydrogens is 925 g/mol. The monoisotopic (exact) mass is 948 g/mol. The second kappa shape index (κ2) is 16.8. The third-order valence-corrected chi connectivity index (χ3v) is 12.3. The van der Waals surface area contributed by atoms with Gasteiger partial charge in [0.05, 0.1) is 0 Å². The average molecular weight is 949 g/mol. The minimum Gasteiger partial charge on any atom is -0.861 e. The maximum Gasteiger partial charge on any atom is 0.518 e. The summed E-state index contributed by atoms with van der Waals surface area (Å²) in [6.45, 7) is 0.907. The van der Waals surface area contributed by atoms with Gasteiger partial charge in [0.25, 0.3) is 0 Å². The number of nitrogens with zero attached hydrogens (tertiary/aromatic N) is 3. The summed E-state index contributed by atoms with van der Waals surface area (Å²) in [5.41, 5.74) is -18.0. The zero-order valence-corrected chi connectivity index (χ0v) is 28.7. The van der Waals surface area contributed by atoms with Gasteiger partial charge in [0.2, 0.25) is 0 Å². The molecule has 0 aromatic heterocycles. The molecule has 1 heterocycles. The van der Waals surface area contributed by atoms with E-state index in [-0.39, 0.29) is 41.4 Å². The molecule has 47 heavy (non-hydrogen) atoms. The summed E-state index contributed by atoms with van der Waals surface area (Å²) < 4.78 is 171. The van der Waals surface area contributed by atoms with E-state index in [2.05, 4.69) is 33.6 Å². The number of benzene rings is 2. The van der Waals surface area contributed by atoms with Crippen LogP contribution in [0.25, 0.3) is 4.13 Å². The third-order valence-electron chi connectivity index (χ3n) is 5.94. The van der Waals surface area contributed by atoms with Crippen molar-refractivity contribution in [2.45, 2.75) is 41.8 Å². The van der Waals surface area contributed by atoms with E-state index in [4.69, 9.17) is 0 Å². The molecule has 10 nitrogen and oxygen atoms in total. The number of hydrogen-bond donors (Lipinski definition) is 0. The van der Waals surface area contributed by atoms with Gasteiger partial charge in [-0.3, -0.25) is 4.90 Å². The molecule has 0 spiro atoms. The Kier molecular flexibility index (Phi) is 15.4. The zero-order valence-electron chi connectivity index (χ0n) is 23.2. The number of hydrogen-bond acceptors (Lipinski definition) is 8. The van der Waals surface area contributed by atoms with Gasteiger partial charge < -0.3 is 9.23 Å². The smallest absolute Gasteiger partial charge is 0.518 e. The maximum atomic E-state index is 12.4. The SMILES string of the molecule is O=S(=O)(/N=C(\[O-])CCN1CCC[C@H]1CP(c1ccccc1)c1ccccc1)C(F)(F)F.O=S(=O)([N-]S(=O)(=O)C(F)(F)F)C(F)(F)F.[Au]. The Hall–Kier alpha value is -1.78. The van der Waals surface area contributed by atoms with Gasteiger partial charge >= 0.3 is 26.5 Å². The summed E-state index contributed by atoms with van der Waals surface area (Å²) in [4.78, 5) is 2.06. The fraction of sp³-hybridized carbons (Fsp3) is 0.435. The van der Waals surface area contributed by atoms with Gasteiger partial charge in [-0.2, -0.15) is 52.3 Å². The van der Waals surface area contributed by atoms with Gasteiger partial charge in [-0.15, -0.1) is 0 Å². The van der Waals surface area contributed by atoms with Gasteiger partial charge in [-0.05, 0) is 56.4 Å². The first-order valence-electron chi connectivity index (χ1n) is 12.4. The van der Waals surface area contributed by atoms with Gasteiger partial charge in [0.15, 0.2) is 20.0 Å². The normalized spacial score (nSPS) is 17.1. The van der Waals surface area contributed by atoms with Crippen molar-refractivity contribution in [1.82, 2.24) is 4.90 Å². The van der Waals surface area contributed by atoms with E-state index in [9.17, 15) is 69.9 Å². The van der Waals surface area contributed by atoms with E-state index in [0.717, 1.165) is 29.7 Å². The van der Waals surface area contributed by atoms with E-state index in [0.29, 0.717) is 0 Å². The molecule has 2 aromatic rings.